The SMILES string of the molecule is CCOCc1cc(OC)c(-c2ccc(CC(N)C(=O)OC)c3c2cnn3C)c(OC)c1.O=C(O)C(F)(F)F. The monoisotopic (exact) mass is 541 g/mol. The number of ether oxygens (including phenoxy) is 4. The van der Waals surface area contributed by atoms with Crippen molar-refractivity contribution < 1.29 is 46.8 Å². The van der Waals surface area contributed by atoms with E-state index in [4.69, 9.17) is 34.6 Å². The van der Waals surface area contributed by atoms with Crippen LogP contribution in [-0.4, -0.2) is 67.0 Å². The molecule has 1 aromatic heterocycles. The van der Waals surface area contributed by atoms with Gasteiger partial charge in [-0.25, -0.2) is 4.79 Å². The van der Waals surface area contributed by atoms with Crippen molar-refractivity contribution in [2.75, 3.05) is 27.9 Å². The van der Waals surface area contributed by atoms with E-state index in [0.717, 1.165) is 33.2 Å². The molecular formula is C25H30F3N3O7. The lowest BCUT2D eigenvalue weighted by Crippen LogP contribution is -2.33. The number of carboxylic acids is 1. The molecule has 3 rings (SSSR count). The number of nitrogens with zero attached hydrogens (tertiary/aromatic N) is 2. The van der Waals surface area contributed by atoms with Crippen molar-refractivity contribution in [3.8, 4) is 22.6 Å². The van der Waals surface area contributed by atoms with Gasteiger partial charge in [-0.05, 0) is 30.2 Å². The second-order valence-corrected chi connectivity index (χ2v) is 7.95. The van der Waals surface area contributed by atoms with Crippen molar-refractivity contribution in [1.82, 2.24) is 9.78 Å². The molecule has 0 bridgehead atoms. The summed E-state index contributed by atoms with van der Waals surface area (Å²) in [6, 6.07) is 7.09. The summed E-state index contributed by atoms with van der Waals surface area (Å²) in [4.78, 5) is 20.7. The molecule has 10 nitrogen and oxygen atoms in total. The van der Waals surface area contributed by atoms with Crippen molar-refractivity contribution in [3.63, 3.8) is 0 Å². The standard InChI is InChI=1S/C23H29N3O5.C2HF3O2/c1-6-31-13-14-9-19(28-3)21(20(10-14)29-4)16-8-7-15(11-18(24)23(27)30-5)22-17(16)12-25-26(22)2;3-2(4,5)1(6)7/h7-10,12,18H,6,11,13,24H2,1-5H3;(H,6,7). The topological polar surface area (TPSA) is 135 Å². The van der Waals surface area contributed by atoms with Crippen LogP contribution in [0.2, 0.25) is 0 Å². The molecular weight excluding hydrogens is 511 g/mol. The van der Waals surface area contributed by atoms with E-state index in [-0.39, 0.29) is 0 Å². The van der Waals surface area contributed by atoms with Crippen LogP contribution in [0.15, 0.2) is 30.5 Å². The second-order valence-electron chi connectivity index (χ2n) is 7.95. The number of carbonyl (C=O) groups excluding carboxylic acids is 1. The summed E-state index contributed by atoms with van der Waals surface area (Å²) in [5.41, 5.74) is 10.5. The van der Waals surface area contributed by atoms with Gasteiger partial charge in [-0.1, -0.05) is 12.1 Å². The van der Waals surface area contributed by atoms with Crippen molar-refractivity contribution in [3.05, 3.63) is 41.6 Å². The number of hydrogen-bond donors (Lipinski definition) is 2. The number of fused-ring (bicyclic) bond motifs is 1. The van der Waals surface area contributed by atoms with Crippen molar-refractivity contribution >= 4 is 22.8 Å². The van der Waals surface area contributed by atoms with Gasteiger partial charge in [0.2, 0.25) is 0 Å². The number of aryl methyl sites for hydroxylation is 1. The Morgan fingerprint density at radius 3 is 2.18 bits per heavy atom. The highest BCUT2D eigenvalue weighted by Crippen LogP contribution is 2.43. The second kappa shape index (κ2) is 13.1. The average molecular weight is 542 g/mol. The van der Waals surface area contributed by atoms with Crippen LogP contribution in [0.5, 0.6) is 11.5 Å². The number of benzene rings is 2. The number of nitrogens with two attached hydrogens (primary N) is 1. The zero-order chi connectivity index (χ0) is 28.6. The van der Waals surface area contributed by atoms with Crippen LogP contribution in [0.3, 0.4) is 0 Å². The molecule has 0 aliphatic heterocycles. The van der Waals surface area contributed by atoms with Crippen LogP contribution in [0, 0.1) is 0 Å². The molecule has 0 spiro atoms. The first-order valence-corrected chi connectivity index (χ1v) is 11.3. The highest BCUT2D eigenvalue weighted by molar-refractivity contribution is 5.99. The molecule has 0 aliphatic carbocycles. The maximum Gasteiger partial charge on any atom is 0.490 e. The quantitative estimate of drug-likeness (QED) is 0.391. The van der Waals surface area contributed by atoms with Gasteiger partial charge in [-0.2, -0.15) is 18.3 Å². The smallest absolute Gasteiger partial charge is 0.490 e. The summed E-state index contributed by atoms with van der Waals surface area (Å²) in [5, 5.41) is 12.5. The third kappa shape index (κ3) is 7.13. The molecule has 1 atom stereocenters. The molecule has 0 aliphatic rings. The van der Waals surface area contributed by atoms with Gasteiger partial charge in [0, 0.05) is 31.0 Å². The van der Waals surface area contributed by atoms with E-state index in [1.807, 2.05) is 38.2 Å². The number of carbonyl (C=O) groups is 2. The van der Waals surface area contributed by atoms with E-state index < -0.39 is 24.2 Å². The minimum absolute atomic E-state index is 0.338. The normalized spacial score (nSPS) is 11.9. The van der Waals surface area contributed by atoms with Crippen molar-refractivity contribution in [2.24, 2.45) is 12.8 Å². The van der Waals surface area contributed by atoms with Crippen LogP contribution in [0.1, 0.15) is 18.1 Å². The summed E-state index contributed by atoms with van der Waals surface area (Å²) in [6.07, 6.45) is -2.95. The number of aliphatic carboxylic acids is 1. The Bertz CT molecular complexity index is 1250. The van der Waals surface area contributed by atoms with E-state index >= 15 is 0 Å². The van der Waals surface area contributed by atoms with Crippen LogP contribution in [0.4, 0.5) is 13.2 Å². The van der Waals surface area contributed by atoms with E-state index in [1.165, 1.54) is 7.11 Å². The van der Waals surface area contributed by atoms with Gasteiger partial charge < -0.3 is 29.8 Å². The fourth-order valence-corrected chi connectivity index (χ4v) is 3.76. The Balaban J connectivity index is 0.000000638. The van der Waals surface area contributed by atoms with Gasteiger partial charge in [-0.3, -0.25) is 9.48 Å². The summed E-state index contributed by atoms with van der Waals surface area (Å²) >= 11 is 0. The molecule has 208 valence electrons. The van der Waals surface area contributed by atoms with Crippen molar-refractivity contribution in [2.45, 2.75) is 32.2 Å². The number of rotatable bonds is 9. The molecule has 38 heavy (non-hydrogen) atoms. The van der Waals surface area contributed by atoms with Gasteiger partial charge in [0.25, 0.3) is 0 Å². The Kier molecular flexibility index (Phi) is 10.5. The number of hydrogen-bond acceptors (Lipinski definition) is 8. The molecule has 3 N–H and O–H groups in total. The first-order valence-electron chi connectivity index (χ1n) is 11.3. The Labute approximate surface area is 217 Å². The molecule has 1 unspecified atom stereocenters. The number of aromatic nitrogens is 2. The summed E-state index contributed by atoms with van der Waals surface area (Å²) < 4.78 is 55.3. The molecule has 13 heteroatoms. The number of methoxy groups -OCH3 is 3. The summed E-state index contributed by atoms with van der Waals surface area (Å²) in [6.45, 7) is 3.05. The van der Waals surface area contributed by atoms with Gasteiger partial charge in [-0.15, -0.1) is 0 Å². The molecule has 1 heterocycles. The predicted octanol–water partition coefficient (Wildman–Crippen LogP) is 3.47. The van der Waals surface area contributed by atoms with Gasteiger partial charge in [0.15, 0.2) is 0 Å². The third-order valence-corrected chi connectivity index (χ3v) is 5.48. The van der Waals surface area contributed by atoms with Gasteiger partial charge in [0.1, 0.15) is 17.5 Å². The Morgan fingerprint density at radius 2 is 1.71 bits per heavy atom. The molecule has 3 aromatic rings. The fraction of sp³-hybridized carbons (Fsp3) is 0.400. The lowest BCUT2D eigenvalue weighted by molar-refractivity contribution is -0.192. The molecule has 0 amide bonds. The molecule has 0 fully saturated rings. The lowest BCUT2D eigenvalue weighted by atomic mass is 9.94. The molecule has 2 aromatic carbocycles. The molecule has 0 saturated carbocycles. The minimum atomic E-state index is -5.08. The first kappa shape index (κ1) is 30.4. The molecule has 0 radical (unpaired) electrons. The van der Waals surface area contributed by atoms with E-state index in [1.54, 1.807) is 25.1 Å². The Morgan fingerprint density at radius 1 is 1.13 bits per heavy atom. The third-order valence-electron chi connectivity index (χ3n) is 5.48. The zero-order valence-corrected chi connectivity index (χ0v) is 21.6. The number of halogens is 3. The van der Waals surface area contributed by atoms with Crippen LogP contribution in [0.25, 0.3) is 22.0 Å². The number of carboxylic acid groups (broad SMARTS) is 1. The van der Waals surface area contributed by atoms with Gasteiger partial charge >= 0.3 is 18.1 Å². The number of alkyl halides is 3. The lowest BCUT2D eigenvalue weighted by Gasteiger charge is -2.18. The van der Waals surface area contributed by atoms with Crippen LogP contribution < -0.4 is 15.2 Å². The highest BCUT2D eigenvalue weighted by Gasteiger charge is 2.38. The van der Waals surface area contributed by atoms with Crippen LogP contribution >= 0.6 is 0 Å². The maximum atomic E-state index is 11.8. The van der Waals surface area contributed by atoms with E-state index in [0.29, 0.717) is 31.1 Å². The summed E-state index contributed by atoms with van der Waals surface area (Å²) in [7, 11) is 6.46. The van der Waals surface area contributed by atoms with Crippen LogP contribution in [-0.2, 0) is 39.1 Å². The van der Waals surface area contributed by atoms with Gasteiger partial charge in [0.05, 0.1) is 45.2 Å². The Hall–Kier alpha value is -3.84. The number of esters is 1. The van der Waals surface area contributed by atoms with E-state index in [9.17, 15) is 18.0 Å². The fourth-order valence-electron chi connectivity index (χ4n) is 3.76. The average Bonchev–Trinajstić information content (AvgIpc) is 3.28. The first-order chi connectivity index (χ1) is 17.9. The summed E-state index contributed by atoms with van der Waals surface area (Å²) in [5.74, 6) is -1.85. The highest BCUT2D eigenvalue weighted by atomic mass is 19.4. The van der Waals surface area contributed by atoms with E-state index in [2.05, 4.69) is 5.10 Å². The maximum absolute atomic E-state index is 11.8. The minimum Gasteiger partial charge on any atom is -0.496 e. The molecule has 0 saturated heterocycles. The largest absolute Gasteiger partial charge is 0.496 e. The van der Waals surface area contributed by atoms with Crippen molar-refractivity contribution in [1.29, 1.82) is 0 Å². The zero-order valence-electron chi connectivity index (χ0n) is 21.6. The predicted molar refractivity (Wildman–Crippen MR) is 132 cm³/mol.